The molecule has 0 amide bonds. The largest absolute Gasteiger partial charge is 0.465 e. The van der Waals surface area contributed by atoms with E-state index in [1.807, 2.05) is 29.7 Å². The summed E-state index contributed by atoms with van der Waals surface area (Å²) in [7, 11) is 1.37. The lowest BCUT2D eigenvalue weighted by molar-refractivity contribution is 0.0600. The van der Waals surface area contributed by atoms with Gasteiger partial charge in [-0.25, -0.2) is 4.79 Å². The maximum atomic E-state index is 12.4. The Kier molecular flexibility index (Phi) is 4.90. The number of methoxy groups -OCH3 is 1. The quantitative estimate of drug-likeness (QED) is 0.730. The molecule has 4 nitrogen and oxygen atoms in total. The molecule has 0 unspecified atom stereocenters. The van der Waals surface area contributed by atoms with Gasteiger partial charge in [0.15, 0.2) is 0 Å². The van der Waals surface area contributed by atoms with Gasteiger partial charge in [0, 0.05) is 12.2 Å². The second kappa shape index (κ2) is 6.93. The normalized spacial score (nSPS) is 13.8. The molecular formula is C19H20BrNO3. The summed E-state index contributed by atoms with van der Waals surface area (Å²) in [6.45, 7) is 2.66. The van der Waals surface area contributed by atoms with Crippen LogP contribution in [0.15, 0.2) is 39.6 Å². The van der Waals surface area contributed by atoms with Crippen LogP contribution in [-0.2, 0) is 17.7 Å². The van der Waals surface area contributed by atoms with Crippen molar-refractivity contribution in [2.45, 2.75) is 38.6 Å². The Balaban J connectivity index is 1.79. The minimum absolute atomic E-state index is 0.0167. The zero-order valence-electron chi connectivity index (χ0n) is 13.8. The average Bonchev–Trinajstić information content (AvgIpc) is 3.43. The van der Waals surface area contributed by atoms with E-state index in [4.69, 9.17) is 4.74 Å². The molecule has 0 aliphatic heterocycles. The summed E-state index contributed by atoms with van der Waals surface area (Å²) in [6, 6.07) is 9.32. The zero-order chi connectivity index (χ0) is 17.3. The first-order chi connectivity index (χ1) is 11.5. The van der Waals surface area contributed by atoms with Gasteiger partial charge in [-0.3, -0.25) is 4.79 Å². The van der Waals surface area contributed by atoms with Crippen molar-refractivity contribution in [3.63, 3.8) is 0 Å². The molecule has 0 saturated heterocycles. The molecular weight excluding hydrogens is 370 g/mol. The summed E-state index contributed by atoms with van der Waals surface area (Å²) in [5.41, 5.74) is 3.98. The van der Waals surface area contributed by atoms with Crippen LogP contribution in [0.5, 0.6) is 0 Å². The van der Waals surface area contributed by atoms with Crippen LogP contribution in [0.1, 0.15) is 45.9 Å². The molecule has 1 aromatic heterocycles. The fraction of sp³-hybridized carbons (Fsp3) is 0.368. The van der Waals surface area contributed by atoms with E-state index >= 15 is 0 Å². The molecule has 2 aromatic rings. The van der Waals surface area contributed by atoms with Crippen molar-refractivity contribution in [1.29, 1.82) is 0 Å². The summed E-state index contributed by atoms with van der Waals surface area (Å²) < 4.78 is 7.19. The molecule has 1 heterocycles. The van der Waals surface area contributed by atoms with Gasteiger partial charge in [-0.15, -0.1) is 0 Å². The molecule has 1 aliphatic carbocycles. The second-order valence-electron chi connectivity index (χ2n) is 6.20. The highest BCUT2D eigenvalue weighted by molar-refractivity contribution is 9.10. The van der Waals surface area contributed by atoms with Gasteiger partial charge in [-0.05, 0) is 77.4 Å². The highest BCUT2D eigenvalue weighted by Gasteiger charge is 2.27. The number of esters is 1. The van der Waals surface area contributed by atoms with Crippen LogP contribution in [0.25, 0.3) is 0 Å². The highest BCUT2D eigenvalue weighted by Crippen LogP contribution is 2.41. The smallest absolute Gasteiger partial charge is 0.337 e. The number of halogens is 1. The Morgan fingerprint density at radius 2 is 1.96 bits per heavy atom. The molecule has 5 heteroatoms. The van der Waals surface area contributed by atoms with Crippen molar-refractivity contribution in [3.05, 3.63) is 67.5 Å². The Hall–Kier alpha value is -1.88. The summed E-state index contributed by atoms with van der Waals surface area (Å²) in [5.74, 6) is 0.266. The van der Waals surface area contributed by atoms with Gasteiger partial charge in [-0.2, -0.15) is 0 Å². The first-order valence-corrected chi connectivity index (χ1v) is 8.87. The maximum absolute atomic E-state index is 12.4. The number of aromatic nitrogens is 1. The lowest BCUT2D eigenvalue weighted by Gasteiger charge is -2.15. The fourth-order valence-corrected chi connectivity index (χ4v) is 3.44. The molecule has 126 valence electrons. The number of ether oxygens (including phenoxy) is 1. The van der Waals surface area contributed by atoms with Gasteiger partial charge in [0.05, 0.1) is 17.1 Å². The zero-order valence-corrected chi connectivity index (χ0v) is 15.4. The number of hydrogen-bond donors (Lipinski definition) is 0. The minimum Gasteiger partial charge on any atom is -0.465 e. The van der Waals surface area contributed by atoms with E-state index in [0.717, 1.165) is 17.7 Å². The molecule has 0 N–H and O–H groups in total. The number of carbonyl (C=O) groups excluding carboxylic acids is 1. The molecule has 1 fully saturated rings. The molecule has 1 aliphatic rings. The van der Waals surface area contributed by atoms with Crippen molar-refractivity contribution in [2.24, 2.45) is 0 Å². The van der Waals surface area contributed by atoms with Crippen molar-refractivity contribution >= 4 is 21.9 Å². The number of rotatable bonds is 5. The first-order valence-electron chi connectivity index (χ1n) is 8.08. The number of hydrogen-bond acceptors (Lipinski definition) is 3. The third-order valence-corrected chi connectivity index (χ3v) is 5.14. The highest BCUT2D eigenvalue weighted by atomic mass is 79.9. The number of carbonyl (C=O) groups is 1. The van der Waals surface area contributed by atoms with Crippen molar-refractivity contribution in [2.75, 3.05) is 7.11 Å². The van der Waals surface area contributed by atoms with E-state index in [1.165, 1.54) is 25.5 Å². The first kappa shape index (κ1) is 17.0. The van der Waals surface area contributed by atoms with Gasteiger partial charge in [0.25, 0.3) is 5.56 Å². The van der Waals surface area contributed by atoms with E-state index in [0.29, 0.717) is 22.5 Å². The fourth-order valence-electron chi connectivity index (χ4n) is 2.98. The van der Waals surface area contributed by atoms with Crippen molar-refractivity contribution in [3.8, 4) is 0 Å². The van der Waals surface area contributed by atoms with E-state index < -0.39 is 0 Å². The summed E-state index contributed by atoms with van der Waals surface area (Å²) >= 11 is 3.40. The predicted octanol–water partition coefficient (Wildman–Crippen LogP) is 3.83. The van der Waals surface area contributed by atoms with Gasteiger partial charge in [0.2, 0.25) is 0 Å². The molecule has 0 bridgehead atoms. The van der Waals surface area contributed by atoms with Crippen LogP contribution in [-0.4, -0.2) is 17.6 Å². The SMILES string of the molecule is COC(=O)c1ccc(CCn2c(C)c(C3CC3)cc(Br)c2=O)cc1. The maximum Gasteiger partial charge on any atom is 0.337 e. The van der Waals surface area contributed by atoms with E-state index in [9.17, 15) is 9.59 Å². The standard InChI is InChI=1S/C19H20BrNO3/c1-12-16(14-7-8-14)11-17(20)18(22)21(12)10-9-13-3-5-15(6-4-13)19(23)24-2/h3-6,11,14H,7-10H2,1-2H3. The summed E-state index contributed by atoms with van der Waals surface area (Å²) in [4.78, 5) is 23.9. The lowest BCUT2D eigenvalue weighted by Crippen LogP contribution is -2.25. The molecule has 0 radical (unpaired) electrons. The Bertz CT molecular complexity index is 820. The topological polar surface area (TPSA) is 48.3 Å². The Morgan fingerprint density at radius 3 is 2.54 bits per heavy atom. The molecule has 1 saturated carbocycles. The van der Waals surface area contributed by atoms with Gasteiger partial charge in [0.1, 0.15) is 0 Å². The number of aryl methyl sites for hydroxylation is 1. The minimum atomic E-state index is -0.338. The molecule has 0 atom stereocenters. The van der Waals surface area contributed by atoms with E-state index in [1.54, 1.807) is 12.1 Å². The molecule has 1 aromatic carbocycles. The van der Waals surface area contributed by atoms with Gasteiger partial charge in [-0.1, -0.05) is 12.1 Å². The molecule has 3 rings (SSSR count). The van der Waals surface area contributed by atoms with Crippen LogP contribution < -0.4 is 5.56 Å². The molecule has 24 heavy (non-hydrogen) atoms. The average molecular weight is 390 g/mol. The van der Waals surface area contributed by atoms with Gasteiger partial charge < -0.3 is 9.30 Å². The van der Waals surface area contributed by atoms with E-state index in [2.05, 4.69) is 15.9 Å². The van der Waals surface area contributed by atoms with Gasteiger partial charge >= 0.3 is 5.97 Å². The summed E-state index contributed by atoms with van der Waals surface area (Å²) in [5, 5.41) is 0. The van der Waals surface area contributed by atoms with E-state index in [-0.39, 0.29) is 11.5 Å². The Morgan fingerprint density at radius 1 is 1.29 bits per heavy atom. The third-order valence-electron chi connectivity index (χ3n) is 4.57. The lowest BCUT2D eigenvalue weighted by atomic mass is 10.1. The number of benzene rings is 1. The third kappa shape index (κ3) is 3.46. The number of pyridine rings is 1. The van der Waals surface area contributed by atoms with Crippen molar-refractivity contribution < 1.29 is 9.53 Å². The van der Waals surface area contributed by atoms with Crippen LogP contribution in [0.3, 0.4) is 0 Å². The number of nitrogens with zero attached hydrogens (tertiary/aromatic N) is 1. The van der Waals surface area contributed by atoms with Crippen LogP contribution in [0, 0.1) is 6.92 Å². The monoisotopic (exact) mass is 389 g/mol. The van der Waals surface area contributed by atoms with Crippen LogP contribution in [0.4, 0.5) is 0 Å². The second-order valence-corrected chi connectivity index (χ2v) is 7.06. The van der Waals surface area contributed by atoms with Crippen LogP contribution >= 0.6 is 15.9 Å². The van der Waals surface area contributed by atoms with Crippen LogP contribution in [0.2, 0.25) is 0 Å². The summed E-state index contributed by atoms with van der Waals surface area (Å²) in [6.07, 6.45) is 3.16. The van der Waals surface area contributed by atoms with Crippen molar-refractivity contribution in [1.82, 2.24) is 4.57 Å². The Labute approximate surface area is 149 Å². The molecule has 0 spiro atoms. The predicted molar refractivity (Wildman–Crippen MR) is 96.6 cm³/mol.